The molecule has 2 radical (unpaired) electrons. The first-order chi connectivity index (χ1) is 2.81. The second-order valence-corrected chi connectivity index (χ2v) is 1.24. The monoisotopic (exact) mass is 168 g/mol. The van der Waals surface area contributed by atoms with Gasteiger partial charge in [-0.2, -0.15) is 0 Å². The Bertz CT molecular complexity index is 57.8. The van der Waals surface area contributed by atoms with Crippen molar-refractivity contribution < 1.29 is 5.48 Å². The molecule has 0 bridgehead atoms. The van der Waals surface area contributed by atoms with Crippen molar-refractivity contribution in [1.29, 1.82) is 0 Å². The van der Waals surface area contributed by atoms with Crippen molar-refractivity contribution in [3.05, 3.63) is 0 Å². The Morgan fingerprint density at radius 1 is 1.11 bits per heavy atom. The van der Waals surface area contributed by atoms with Crippen molar-refractivity contribution >= 4 is 76.4 Å². The van der Waals surface area contributed by atoms with Gasteiger partial charge in [-0.05, 0) is 12.2 Å². The summed E-state index contributed by atoms with van der Waals surface area (Å²) in [5.41, 5.74) is 0. The van der Waals surface area contributed by atoms with Gasteiger partial charge < -0.3 is 16.1 Å². The van der Waals surface area contributed by atoms with E-state index in [4.69, 9.17) is 0 Å². The summed E-state index contributed by atoms with van der Waals surface area (Å²) < 4.78 is 0. The third kappa shape index (κ3) is 17.7. The van der Waals surface area contributed by atoms with Crippen LogP contribution in [-0.4, -0.2) is 83.8 Å². The van der Waals surface area contributed by atoms with E-state index in [0.29, 0.717) is 5.11 Å². The van der Waals surface area contributed by atoms with Crippen molar-refractivity contribution in [3.8, 4) is 0 Å². The third-order valence-electron chi connectivity index (χ3n) is 0.454. The van der Waals surface area contributed by atoms with E-state index in [0.717, 1.165) is 0 Å². The van der Waals surface area contributed by atoms with Crippen molar-refractivity contribution in [2.24, 2.45) is 0 Å². The molecule has 0 rings (SSSR count). The summed E-state index contributed by atoms with van der Waals surface area (Å²) in [7, 11) is 3.55. The summed E-state index contributed by atoms with van der Waals surface area (Å²) >= 11 is 4.63. The molecule has 0 aliphatic heterocycles. The minimum absolute atomic E-state index is 0. The van der Waals surface area contributed by atoms with Gasteiger partial charge in [0.25, 0.3) is 0 Å². The Kier molecular flexibility index (Phi) is 40.7. The molecule has 0 spiro atoms. The van der Waals surface area contributed by atoms with Gasteiger partial charge in [0.1, 0.15) is 0 Å². The van der Waals surface area contributed by atoms with Crippen LogP contribution in [0.3, 0.4) is 0 Å². The van der Waals surface area contributed by atoms with Crippen molar-refractivity contribution in [2.75, 3.05) is 14.1 Å². The van der Waals surface area contributed by atoms with Gasteiger partial charge in [-0.1, -0.05) is 0 Å². The number of thiocarbonyl (C=S) groups is 1. The molecule has 4 N–H and O–H groups in total. The van der Waals surface area contributed by atoms with Gasteiger partial charge in [0.05, 0.1) is 0 Å². The Hall–Kier alpha value is 1.65. The minimum atomic E-state index is 0. The van der Waals surface area contributed by atoms with Gasteiger partial charge in [0.2, 0.25) is 0 Å². The van der Waals surface area contributed by atoms with E-state index in [-0.39, 0.29) is 64.6 Å². The van der Waals surface area contributed by atoms with Crippen LogP contribution in [0.25, 0.3) is 0 Å². The van der Waals surface area contributed by atoms with Crippen LogP contribution >= 0.6 is 12.2 Å². The van der Waals surface area contributed by atoms with E-state index in [2.05, 4.69) is 22.9 Å². The van der Waals surface area contributed by atoms with Crippen LogP contribution in [0, 0.1) is 0 Å². The van der Waals surface area contributed by atoms with Crippen LogP contribution in [-0.2, 0) is 0 Å². The quantitative estimate of drug-likeness (QED) is 0.329. The number of rotatable bonds is 0. The zero-order chi connectivity index (χ0) is 4.99. The summed E-state index contributed by atoms with van der Waals surface area (Å²) in [6.45, 7) is 0. The molecule has 0 fully saturated rings. The fourth-order valence-corrected chi connectivity index (χ4v) is 0.125. The van der Waals surface area contributed by atoms with Crippen molar-refractivity contribution in [3.63, 3.8) is 0 Å². The normalized spacial score (nSPS) is 4.67. The maximum absolute atomic E-state index is 4.63. The summed E-state index contributed by atoms with van der Waals surface area (Å²) in [6, 6.07) is 0. The van der Waals surface area contributed by atoms with Crippen LogP contribution in [0.5, 0.6) is 0 Å². The average molecular weight is 168 g/mol. The standard InChI is InChI=1S/C3H8N2S.2Na.H2O/c1-4-3(6)5-2;;;/h1-2H3,(H2,4,5,6);;;1H2. The molecule has 6 heteroatoms. The molecule has 0 atom stereocenters. The molecule has 0 saturated heterocycles. The van der Waals surface area contributed by atoms with Crippen molar-refractivity contribution in [2.45, 2.75) is 0 Å². The van der Waals surface area contributed by atoms with E-state index in [9.17, 15) is 0 Å². The second-order valence-electron chi connectivity index (χ2n) is 0.829. The molecule has 0 aliphatic carbocycles. The fraction of sp³-hybridized carbons (Fsp3) is 0.667. The molecule has 0 unspecified atom stereocenters. The Morgan fingerprint density at radius 2 is 1.33 bits per heavy atom. The maximum Gasteiger partial charge on any atom is 0.165 e. The number of hydrogen-bond acceptors (Lipinski definition) is 1. The average Bonchev–Trinajstić information content (AvgIpc) is 1.65. The van der Waals surface area contributed by atoms with Crippen LogP contribution in [0.15, 0.2) is 0 Å². The second kappa shape index (κ2) is 16.3. The Morgan fingerprint density at radius 3 is 1.33 bits per heavy atom. The summed E-state index contributed by atoms with van der Waals surface area (Å²) in [6.07, 6.45) is 0. The first-order valence-corrected chi connectivity index (χ1v) is 2.11. The predicted molar refractivity (Wildman–Crippen MR) is 45.8 cm³/mol. The van der Waals surface area contributed by atoms with Gasteiger partial charge in [-0.3, -0.25) is 0 Å². The molecule has 0 heterocycles. The molecule has 0 amide bonds. The SMILES string of the molecule is CNC(=S)NC.O.[Na].[Na]. The largest absolute Gasteiger partial charge is 0.412 e. The van der Waals surface area contributed by atoms with Gasteiger partial charge in [0.15, 0.2) is 5.11 Å². The van der Waals surface area contributed by atoms with E-state index >= 15 is 0 Å². The molecule has 0 aliphatic rings. The van der Waals surface area contributed by atoms with Gasteiger partial charge in [0, 0.05) is 73.2 Å². The van der Waals surface area contributed by atoms with Crippen molar-refractivity contribution in [1.82, 2.24) is 10.6 Å². The smallest absolute Gasteiger partial charge is 0.165 e. The van der Waals surface area contributed by atoms with E-state index in [1.807, 2.05) is 0 Å². The molecular weight excluding hydrogens is 158 g/mol. The summed E-state index contributed by atoms with van der Waals surface area (Å²) in [5, 5.41) is 6.15. The van der Waals surface area contributed by atoms with Gasteiger partial charge in [-0.25, -0.2) is 0 Å². The van der Waals surface area contributed by atoms with Crippen LogP contribution < -0.4 is 10.6 Å². The molecular formula is C3H10N2Na2OS. The topological polar surface area (TPSA) is 55.6 Å². The molecule has 0 saturated carbocycles. The summed E-state index contributed by atoms with van der Waals surface area (Å²) in [5.74, 6) is 0. The summed E-state index contributed by atoms with van der Waals surface area (Å²) in [4.78, 5) is 0. The predicted octanol–water partition coefficient (Wildman–Crippen LogP) is -1.88. The molecule has 9 heavy (non-hydrogen) atoms. The zero-order valence-electron chi connectivity index (χ0n) is 6.41. The van der Waals surface area contributed by atoms with Gasteiger partial charge in [-0.15, -0.1) is 0 Å². The molecule has 0 aromatic rings. The maximum atomic E-state index is 4.63. The Labute approximate surface area is 105 Å². The third-order valence-corrected chi connectivity index (χ3v) is 0.862. The van der Waals surface area contributed by atoms with Gasteiger partial charge >= 0.3 is 0 Å². The Balaban J connectivity index is -0.0000000417. The number of hydrogen-bond donors (Lipinski definition) is 2. The van der Waals surface area contributed by atoms with Crippen LogP contribution in [0.2, 0.25) is 0 Å². The molecule has 0 aromatic heterocycles. The fourth-order valence-electron chi connectivity index (χ4n) is 0.125. The molecule has 3 nitrogen and oxygen atoms in total. The van der Waals surface area contributed by atoms with E-state index in [1.165, 1.54) is 0 Å². The molecule has 0 aromatic carbocycles. The first-order valence-electron chi connectivity index (χ1n) is 1.70. The zero-order valence-corrected chi connectivity index (χ0v) is 11.2. The van der Waals surface area contributed by atoms with E-state index < -0.39 is 0 Å². The number of nitrogens with one attached hydrogen (secondary N) is 2. The minimum Gasteiger partial charge on any atom is -0.412 e. The first kappa shape index (κ1) is 22.4. The van der Waals surface area contributed by atoms with E-state index in [1.54, 1.807) is 14.1 Å². The van der Waals surface area contributed by atoms with Crippen LogP contribution in [0.1, 0.15) is 0 Å². The van der Waals surface area contributed by atoms with Crippen LogP contribution in [0.4, 0.5) is 0 Å². The molecule has 46 valence electrons.